The van der Waals surface area contributed by atoms with Gasteiger partial charge in [0, 0.05) is 19.5 Å². The number of carbonyl (C=O) groups excluding carboxylic acids is 4. The standard InChI is InChI=1S/C30H47N3O7/c1-6-10-12-17-32(16-8-3)28(37)26-30-15-14-22(40-30)24(25(30)27(36)33(26)21(9-4)19-34)29(38)39-20(5)18-31-23(35)13-11-7-2/h7-8,20-22,24-26,34H,2-3,6,9-19H2,1,4-5H3,(H,31,35)/t20-,21+,22-,24+,25+,26-,30+/m1/s1. The van der Waals surface area contributed by atoms with Gasteiger partial charge >= 0.3 is 5.97 Å². The normalized spacial score (nSPS) is 28.1. The monoisotopic (exact) mass is 561 g/mol. The van der Waals surface area contributed by atoms with Gasteiger partial charge in [-0.3, -0.25) is 19.2 Å². The molecular weight excluding hydrogens is 514 g/mol. The van der Waals surface area contributed by atoms with Crippen LogP contribution in [-0.4, -0.2) is 94.7 Å². The Labute approximate surface area is 238 Å². The first-order valence-electron chi connectivity index (χ1n) is 14.8. The molecule has 3 rings (SSSR count). The number of esters is 1. The van der Waals surface area contributed by atoms with Gasteiger partial charge in [0.25, 0.3) is 0 Å². The molecule has 7 atom stereocenters. The molecule has 10 heteroatoms. The molecule has 10 nitrogen and oxygen atoms in total. The van der Waals surface area contributed by atoms with Gasteiger partial charge < -0.3 is 29.7 Å². The second-order valence-corrected chi connectivity index (χ2v) is 11.2. The fraction of sp³-hybridized carbons (Fsp3) is 0.733. The molecule has 0 radical (unpaired) electrons. The summed E-state index contributed by atoms with van der Waals surface area (Å²) in [7, 11) is 0. The summed E-state index contributed by atoms with van der Waals surface area (Å²) in [6, 6.07) is -1.51. The molecule has 0 aromatic carbocycles. The van der Waals surface area contributed by atoms with Crippen LogP contribution >= 0.6 is 0 Å². The number of carbonyl (C=O) groups is 4. The molecule has 224 valence electrons. The Balaban J connectivity index is 1.86. The van der Waals surface area contributed by atoms with Gasteiger partial charge in [0.1, 0.15) is 17.7 Å². The Kier molecular flexibility index (Phi) is 11.3. The van der Waals surface area contributed by atoms with Crippen molar-refractivity contribution in [1.82, 2.24) is 15.1 Å². The molecule has 0 aromatic rings. The van der Waals surface area contributed by atoms with Crippen LogP contribution in [0.2, 0.25) is 0 Å². The summed E-state index contributed by atoms with van der Waals surface area (Å²) in [5, 5.41) is 12.9. The van der Waals surface area contributed by atoms with Crippen molar-refractivity contribution in [2.45, 2.75) is 102 Å². The third-order valence-electron chi connectivity index (χ3n) is 8.49. The molecule has 0 saturated carbocycles. The van der Waals surface area contributed by atoms with E-state index in [1.807, 2.05) is 6.92 Å². The zero-order chi connectivity index (χ0) is 29.4. The van der Waals surface area contributed by atoms with E-state index < -0.39 is 47.7 Å². The van der Waals surface area contributed by atoms with E-state index in [1.165, 1.54) is 4.90 Å². The zero-order valence-corrected chi connectivity index (χ0v) is 24.3. The van der Waals surface area contributed by atoms with Gasteiger partial charge in [0.15, 0.2) is 0 Å². The number of nitrogens with zero attached hydrogens (tertiary/aromatic N) is 2. The Morgan fingerprint density at radius 2 is 2.02 bits per heavy atom. The number of aliphatic hydroxyl groups excluding tert-OH is 1. The van der Waals surface area contributed by atoms with E-state index in [2.05, 4.69) is 25.4 Å². The molecule has 3 saturated heterocycles. The highest BCUT2D eigenvalue weighted by Gasteiger charge is 2.75. The lowest BCUT2D eigenvalue weighted by Crippen LogP contribution is -2.58. The van der Waals surface area contributed by atoms with Crippen LogP contribution in [-0.2, 0) is 28.7 Å². The van der Waals surface area contributed by atoms with Gasteiger partial charge in [-0.25, -0.2) is 0 Å². The van der Waals surface area contributed by atoms with Crippen molar-refractivity contribution < 1.29 is 33.8 Å². The SMILES string of the molecule is C=CCCC(=O)NC[C@@H](C)OC(=O)[C@@H]1[C@H]2C(=O)N([C@@H](CC)CO)[C@H](C(=O)N(CC=C)CCCCC)[C@]23CC[C@H]1O3. The molecule has 2 bridgehead atoms. The molecule has 3 fully saturated rings. The molecule has 2 N–H and O–H groups in total. The Morgan fingerprint density at radius 3 is 2.65 bits per heavy atom. The van der Waals surface area contributed by atoms with Gasteiger partial charge in [-0.1, -0.05) is 38.8 Å². The first-order valence-corrected chi connectivity index (χ1v) is 14.8. The minimum Gasteiger partial charge on any atom is -0.460 e. The first kappa shape index (κ1) is 31.8. The molecule has 0 aromatic heterocycles. The number of nitrogens with one attached hydrogen (secondary N) is 1. The van der Waals surface area contributed by atoms with Gasteiger partial charge in [-0.2, -0.15) is 0 Å². The van der Waals surface area contributed by atoms with Crippen molar-refractivity contribution in [3.63, 3.8) is 0 Å². The van der Waals surface area contributed by atoms with Gasteiger partial charge in [-0.15, -0.1) is 13.2 Å². The largest absolute Gasteiger partial charge is 0.460 e. The fourth-order valence-corrected chi connectivity index (χ4v) is 6.52. The zero-order valence-electron chi connectivity index (χ0n) is 24.3. The van der Waals surface area contributed by atoms with Crippen molar-refractivity contribution in [2.75, 3.05) is 26.2 Å². The smallest absolute Gasteiger partial charge is 0.312 e. The predicted molar refractivity (Wildman–Crippen MR) is 150 cm³/mol. The Bertz CT molecular complexity index is 952. The van der Waals surface area contributed by atoms with Crippen molar-refractivity contribution >= 4 is 23.7 Å². The van der Waals surface area contributed by atoms with E-state index >= 15 is 0 Å². The quantitative estimate of drug-likeness (QED) is 0.159. The molecule has 0 unspecified atom stereocenters. The summed E-state index contributed by atoms with van der Waals surface area (Å²) in [5.74, 6) is -3.03. The number of fused-ring (bicyclic) bond motifs is 1. The second kappa shape index (κ2) is 14.3. The van der Waals surface area contributed by atoms with Crippen LogP contribution < -0.4 is 5.32 Å². The lowest BCUT2D eigenvalue weighted by molar-refractivity contribution is -0.160. The average Bonchev–Trinajstić information content (AvgIpc) is 3.58. The summed E-state index contributed by atoms with van der Waals surface area (Å²) in [4.78, 5) is 56.9. The Morgan fingerprint density at radius 1 is 1.27 bits per heavy atom. The van der Waals surface area contributed by atoms with E-state index in [1.54, 1.807) is 24.0 Å². The maximum Gasteiger partial charge on any atom is 0.312 e. The van der Waals surface area contributed by atoms with E-state index in [0.29, 0.717) is 45.2 Å². The number of hydrogen-bond acceptors (Lipinski definition) is 7. The Hall–Kier alpha value is -2.72. The van der Waals surface area contributed by atoms with Gasteiger partial charge in [0.2, 0.25) is 17.7 Å². The number of aliphatic hydroxyl groups is 1. The van der Waals surface area contributed by atoms with Gasteiger partial charge in [-0.05, 0) is 39.0 Å². The highest BCUT2D eigenvalue weighted by molar-refractivity contribution is 5.98. The average molecular weight is 562 g/mol. The molecule has 3 aliphatic rings. The number of allylic oxidation sites excluding steroid dienone is 1. The molecule has 40 heavy (non-hydrogen) atoms. The van der Waals surface area contributed by atoms with Crippen LogP contribution in [0.5, 0.6) is 0 Å². The molecule has 3 amide bonds. The van der Waals surface area contributed by atoms with Gasteiger partial charge in [0.05, 0.1) is 37.1 Å². The number of ether oxygens (including phenoxy) is 2. The minimum absolute atomic E-state index is 0.146. The third kappa shape index (κ3) is 6.28. The van der Waals surface area contributed by atoms with E-state index in [9.17, 15) is 24.3 Å². The number of amides is 3. The van der Waals surface area contributed by atoms with E-state index in [4.69, 9.17) is 9.47 Å². The summed E-state index contributed by atoms with van der Waals surface area (Å²) in [6.07, 6.45) is 7.30. The predicted octanol–water partition coefficient (Wildman–Crippen LogP) is 2.35. The molecule has 3 heterocycles. The molecule has 1 spiro atoms. The molecular formula is C30H47N3O7. The van der Waals surface area contributed by atoms with E-state index in [-0.39, 0.29) is 30.9 Å². The summed E-state index contributed by atoms with van der Waals surface area (Å²) < 4.78 is 12.2. The summed E-state index contributed by atoms with van der Waals surface area (Å²) in [6.45, 7) is 13.8. The highest BCUT2D eigenvalue weighted by atomic mass is 16.6. The fourth-order valence-electron chi connectivity index (χ4n) is 6.52. The molecule has 3 aliphatic heterocycles. The van der Waals surface area contributed by atoms with Crippen molar-refractivity contribution in [2.24, 2.45) is 11.8 Å². The van der Waals surface area contributed by atoms with E-state index in [0.717, 1.165) is 19.3 Å². The lowest BCUT2D eigenvalue weighted by Gasteiger charge is -2.39. The number of likely N-dealkylation sites (tertiary alicyclic amines) is 1. The van der Waals surface area contributed by atoms with Crippen LogP contribution in [0.15, 0.2) is 25.3 Å². The van der Waals surface area contributed by atoms with Crippen molar-refractivity contribution in [1.29, 1.82) is 0 Å². The first-order chi connectivity index (χ1) is 19.2. The lowest BCUT2D eigenvalue weighted by atomic mass is 9.70. The maximum absolute atomic E-state index is 14.2. The topological polar surface area (TPSA) is 125 Å². The van der Waals surface area contributed by atoms with Crippen LogP contribution in [0, 0.1) is 11.8 Å². The van der Waals surface area contributed by atoms with Crippen LogP contribution in [0.3, 0.4) is 0 Å². The summed E-state index contributed by atoms with van der Waals surface area (Å²) >= 11 is 0. The number of hydrogen-bond donors (Lipinski definition) is 2. The summed E-state index contributed by atoms with van der Waals surface area (Å²) in [5.41, 5.74) is -1.16. The second-order valence-electron chi connectivity index (χ2n) is 11.2. The maximum atomic E-state index is 14.2. The minimum atomic E-state index is -1.16. The van der Waals surface area contributed by atoms with Crippen molar-refractivity contribution in [3.05, 3.63) is 25.3 Å². The molecule has 0 aliphatic carbocycles. The van der Waals surface area contributed by atoms with Crippen LogP contribution in [0.25, 0.3) is 0 Å². The van der Waals surface area contributed by atoms with Crippen molar-refractivity contribution in [3.8, 4) is 0 Å². The van der Waals surface area contributed by atoms with Crippen LogP contribution in [0.4, 0.5) is 0 Å². The number of rotatable bonds is 17. The van der Waals surface area contributed by atoms with Crippen LogP contribution in [0.1, 0.15) is 72.1 Å². The highest BCUT2D eigenvalue weighted by Crippen LogP contribution is 2.59. The number of unbranched alkanes of at least 4 members (excludes halogenated alkanes) is 2. The third-order valence-corrected chi connectivity index (χ3v) is 8.49.